The van der Waals surface area contributed by atoms with Gasteiger partial charge >= 0.3 is 0 Å². The quantitative estimate of drug-likeness (QED) is 0.580. The van der Waals surface area contributed by atoms with E-state index in [0.29, 0.717) is 11.4 Å². The topological polar surface area (TPSA) is 104 Å². The molecule has 0 bridgehead atoms. The summed E-state index contributed by atoms with van der Waals surface area (Å²) in [5.74, 6) is 0. The molecule has 0 radical (unpaired) electrons. The second kappa shape index (κ2) is 5.13. The van der Waals surface area contributed by atoms with Crippen LogP contribution in [0.5, 0.6) is 0 Å². The van der Waals surface area contributed by atoms with Gasteiger partial charge in [0.05, 0.1) is 21.9 Å². The minimum absolute atomic E-state index is 0.123. The molecule has 0 atom stereocenters. The third-order valence-electron chi connectivity index (χ3n) is 2.32. The van der Waals surface area contributed by atoms with Gasteiger partial charge in [0.15, 0.2) is 0 Å². The SMILES string of the molecule is CNS(=O)(=O)c1ccc(N)c(NCC(C)(C)O)c1. The number of aliphatic hydroxyl groups is 1. The zero-order valence-corrected chi connectivity index (χ0v) is 11.5. The van der Waals surface area contributed by atoms with Gasteiger partial charge in [-0.15, -0.1) is 0 Å². The molecule has 102 valence electrons. The van der Waals surface area contributed by atoms with Crippen molar-refractivity contribution in [2.24, 2.45) is 0 Å². The third kappa shape index (κ3) is 3.86. The van der Waals surface area contributed by atoms with Crippen molar-refractivity contribution in [3.63, 3.8) is 0 Å². The summed E-state index contributed by atoms with van der Waals surface area (Å²) in [4.78, 5) is 0.123. The molecule has 6 nitrogen and oxygen atoms in total. The van der Waals surface area contributed by atoms with Crippen LogP contribution in [0.25, 0.3) is 0 Å². The Bertz CT molecular complexity index is 521. The van der Waals surface area contributed by atoms with E-state index in [2.05, 4.69) is 10.0 Å². The molecule has 1 aromatic carbocycles. The van der Waals surface area contributed by atoms with Crippen molar-refractivity contribution in [3.05, 3.63) is 18.2 Å². The first-order chi connectivity index (χ1) is 8.15. The van der Waals surface area contributed by atoms with Gasteiger partial charge in [0.25, 0.3) is 0 Å². The molecule has 0 saturated heterocycles. The molecule has 0 fully saturated rings. The van der Waals surface area contributed by atoms with Gasteiger partial charge in [0, 0.05) is 6.54 Å². The third-order valence-corrected chi connectivity index (χ3v) is 3.73. The van der Waals surface area contributed by atoms with E-state index in [0.717, 1.165) is 0 Å². The minimum Gasteiger partial charge on any atom is -0.397 e. The molecule has 7 heteroatoms. The Morgan fingerprint density at radius 3 is 2.50 bits per heavy atom. The lowest BCUT2D eigenvalue weighted by molar-refractivity contribution is 0.0945. The molecule has 1 aromatic rings. The fraction of sp³-hybridized carbons (Fsp3) is 0.455. The molecule has 0 amide bonds. The highest BCUT2D eigenvalue weighted by molar-refractivity contribution is 7.89. The van der Waals surface area contributed by atoms with Gasteiger partial charge in [0.1, 0.15) is 0 Å². The number of nitrogen functional groups attached to an aromatic ring is 1. The molecular weight excluding hydrogens is 254 g/mol. The van der Waals surface area contributed by atoms with Crippen molar-refractivity contribution in [2.75, 3.05) is 24.6 Å². The number of anilines is 2. The lowest BCUT2D eigenvalue weighted by atomic mass is 10.1. The van der Waals surface area contributed by atoms with Crippen molar-refractivity contribution >= 4 is 21.4 Å². The van der Waals surface area contributed by atoms with E-state index in [-0.39, 0.29) is 11.4 Å². The number of nitrogens with one attached hydrogen (secondary N) is 2. The fourth-order valence-electron chi connectivity index (χ4n) is 1.29. The lowest BCUT2D eigenvalue weighted by Crippen LogP contribution is -2.29. The molecule has 0 aliphatic carbocycles. The second-order valence-corrected chi connectivity index (χ2v) is 6.51. The van der Waals surface area contributed by atoms with Crippen molar-refractivity contribution in [3.8, 4) is 0 Å². The Hall–Kier alpha value is -1.31. The van der Waals surface area contributed by atoms with E-state index in [1.165, 1.54) is 25.2 Å². The Morgan fingerprint density at radius 1 is 1.39 bits per heavy atom. The predicted octanol–water partition coefficient (Wildman–Crippen LogP) is 0.360. The van der Waals surface area contributed by atoms with E-state index in [9.17, 15) is 13.5 Å². The molecule has 5 N–H and O–H groups in total. The van der Waals surface area contributed by atoms with E-state index in [1.807, 2.05) is 0 Å². The highest BCUT2D eigenvalue weighted by Gasteiger charge is 2.15. The summed E-state index contributed by atoms with van der Waals surface area (Å²) in [6, 6.07) is 4.38. The smallest absolute Gasteiger partial charge is 0.240 e. The normalized spacial score (nSPS) is 12.4. The average Bonchev–Trinajstić information content (AvgIpc) is 2.26. The van der Waals surface area contributed by atoms with Gasteiger partial charge < -0.3 is 16.2 Å². The van der Waals surface area contributed by atoms with E-state index < -0.39 is 15.6 Å². The molecule has 0 aliphatic heterocycles. The van der Waals surface area contributed by atoms with Crippen LogP contribution >= 0.6 is 0 Å². The molecule has 18 heavy (non-hydrogen) atoms. The maximum Gasteiger partial charge on any atom is 0.240 e. The standard InChI is InChI=1S/C11H19N3O3S/c1-11(2,15)7-14-10-6-8(4-5-9(10)12)18(16,17)13-3/h4-6,13-15H,7,12H2,1-3H3. The monoisotopic (exact) mass is 273 g/mol. The molecular formula is C11H19N3O3S. The second-order valence-electron chi connectivity index (χ2n) is 4.62. The number of sulfonamides is 1. The average molecular weight is 273 g/mol. The van der Waals surface area contributed by atoms with Crippen LogP contribution in [0.3, 0.4) is 0 Å². The van der Waals surface area contributed by atoms with Crippen LogP contribution in [0.4, 0.5) is 11.4 Å². The summed E-state index contributed by atoms with van der Waals surface area (Å²) < 4.78 is 25.5. The highest BCUT2D eigenvalue weighted by Crippen LogP contribution is 2.23. The Balaban J connectivity index is 3.03. The van der Waals surface area contributed by atoms with Crippen LogP contribution < -0.4 is 15.8 Å². The Labute approximate surface area is 107 Å². The Morgan fingerprint density at radius 2 is 2.00 bits per heavy atom. The molecule has 1 rings (SSSR count). The first-order valence-electron chi connectivity index (χ1n) is 5.45. The Kier molecular flexibility index (Phi) is 4.20. The highest BCUT2D eigenvalue weighted by atomic mass is 32.2. The largest absolute Gasteiger partial charge is 0.397 e. The van der Waals surface area contributed by atoms with Crippen molar-refractivity contribution in [1.29, 1.82) is 0 Å². The van der Waals surface area contributed by atoms with Gasteiger partial charge in [0.2, 0.25) is 10.0 Å². The molecule has 0 unspecified atom stereocenters. The fourth-order valence-corrected chi connectivity index (χ4v) is 2.04. The summed E-state index contributed by atoms with van der Waals surface area (Å²) >= 11 is 0. The minimum atomic E-state index is -3.50. The van der Waals surface area contributed by atoms with Crippen LogP contribution in [-0.4, -0.2) is 32.7 Å². The zero-order valence-electron chi connectivity index (χ0n) is 10.7. The van der Waals surface area contributed by atoms with Crippen molar-refractivity contribution in [2.45, 2.75) is 24.3 Å². The number of hydrogen-bond donors (Lipinski definition) is 4. The first kappa shape index (κ1) is 14.7. The van der Waals surface area contributed by atoms with Gasteiger partial charge in [-0.3, -0.25) is 0 Å². The number of rotatable bonds is 5. The van der Waals surface area contributed by atoms with Crippen LogP contribution in [-0.2, 0) is 10.0 Å². The maximum atomic E-state index is 11.6. The summed E-state index contributed by atoms with van der Waals surface area (Å²) in [6.07, 6.45) is 0. The summed E-state index contributed by atoms with van der Waals surface area (Å²) in [6.45, 7) is 3.55. The summed E-state index contributed by atoms with van der Waals surface area (Å²) in [7, 11) is -2.16. The number of hydrogen-bond acceptors (Lipinski definition) is 5. The number of benzene rings is 1. The summed E-state index contributed by atoms with van der Waals surface area (Å²) in [5.41, 5.74) is 5.74. The van der Waals surface area contributed by atoms with Gasteiger partial charge in [-0.2, -0.15) is 0 Å². The van der Waals surface area contributed by atoms with Gasteiger partial charge in [-0.1, -0.05) is 0 Å². The molecule has 0 spiro atoms. The van der Waals surface area contributed by atoms with Gasteiger partial charge in [-0.25, -0.2) is 13.1 Å². The summed E-state index contributed by atoms with van der Waals surface area (Å²) in [5, 5.41) is 12.5. The van der Waals surface area contributed by atoms with E-state index in [1.54, 1.807) is 13.8 Å². The van der Waals surface area contributed by atoms with E-state index >= 15 is 0 Å². The van der Waals surface area contributed by atoms with Crippen molar-refractivity contribution < 1.29 is 13.5 Å². The van der Waals surface area contributed by atoms with Crippen LogP contribution in [0, 0.1) is 0 Å². The molecule has 0 heterocycles. The first-order valence-corrected chi connectivity index (χ1v) is 6.93. The van der Waals surface area contributed by atoms with Crippen LogP contribution in [0.15, 0.2) is 23.1 Å². The maximum absolute atomic E-state index is 11.6. The molecule has 0 saturated carbocycles. The molecule has 0 aromatic heterocycles. The predicted molar refractivity (Wildman–Crippen MR) is 71.9 cm³/mol. The van der Waals surface area contributed by atoms with Gasteiger partial charge in [-0.05, 0) is 39.1 Å². The lowest BCUT2D eigenvalue weighted by Gasteiger charge is -2.19. The van der Waals surface area contributed by atoms with Crippen LogP contribution in [0.2, 0.25) is 0 Å². The number of nitrogens with two attached hydrogens (primary N) is 1. The van der Waals surface area contributed by atoms with E-state index in [4.69, 9.17) is 5.73 Å². The molecule has 0 aliphatic rings. The van der Waals surface area contributed by atoms with Crippen LogP contribution in [0.1, 0.15) is 13.8 Å². The van der Waals surface area contributed by atoms with Crippen molar-refractivity contribution in [1.82, 2.24) is 4.72 Å². The zero-order chi connectivity index (χ0) is 14.0.